The average Bonchev–Trinajstić information content (AvgIpc) is 3.47. The molecule has 13 heteroatoms. The number of nitrogens with zero attached hydrogens (tertiary/aromatic N) is 1. The Labute approximate surface area is 292 Å². The second kappa shape index (κ2) is 15.2. The van der Waals surface area contributed by atoms with Gasteiger partial charge in [-0.15, -0.1) is 11.3 Å². The number of carbonyl (C=O) groups excluding carboxylic acids is 2. The molecule has 5 atom stereocenters. The van der Waals surface area contributed by atoms with Crippen molar-refractivity contribution in [2.75, 3.05) is 26.1 Å². The van der Waals surface area contributed by atoms with Crippen molar-refractivity contribution >= 4 is 33.2 Å². The Kier molecular flexibility index (Phi) is 9.59. The van der Waals surface area contributed by atoms with Gasteiger partial charge < -0.3 is 44.5 Å². The van der Waals surface area contributed by atoms with E-state index in [1.54, 1.807) is 18.2 Å². The van der Waals surface area contributed by atoms with Gasteiger partial charge in [0.2, 0.25) is 6.29 Å². The number of carboxylic acids is 1. The number of piperidine rings is 1. The predicted octanol–water partition coefficient (Wildman–Crippen LogP) is -0.690. The van der Waals surface area contributed by atoms with E-state index in [9.17, 15) is 35.1 Å². The van der Waals surface area contributed by atoms with Gasteiger partial charge in [0.05, 0.1) is 8.71 Å². The van der Waals surface area contributed by atoms with Crippen molar-refractivity contribution in [2.24, 2.45) is 0 Å². The number of likely N-dealkylation sites (tertiary alicyclic amines) is 1. The number of aromatic hydroxyl groups is 1. The molecule has 3 aromatic carbocycles. The Morgan fingerprint density at radius 3 is 2.30 bits per heavy atom. The summed E-state index contributed by atoms with van der Waals surface area (Å²) in [7, 11) is 0. The first-order chi connectivity index (χ1) is 23.7. The SMILES string of the molecule is [2H]C([2H])(Oc1ccc(C(=O)c2c(-c3ccc(O[C@@H]4O[C@H](C(=O)[O-])[C@@H](O)[C@H](O)[C@H]4O)cc3)sc3cc(O)ccc23)cc1)C([2H])([2H])N1CCCCC1.[Li+]. The number of thiophene rings is 1. The molecule has 1 aromatic heterocycles. The minimum absolute atomic E-state index is 0. The fourth-order valence-corrected chi connectivity index (χ4v) is 6.68. The molecule has 2 saturated heterocycles. The Morgan fingerprint density at radius 1 is 0.936 bits per heavy atom. The molecule has 4 N–H and O–H groups in total. The quantitative estimate of drug-likeness (QED) is 0.126. The molecule has 11 nitrogen and oxygen atoms in total. The van der Waals surface area contributed by atoms with Crippen molar-refractivity contribution < 1.29 is 73.7 Å². The number of benzene rings is 3. The minimum Gasteiger partial charge on any atom is -0.547 e. The van der Waals surface area contributed by atoms with Crippen molar-refractivity contribution in [3.63, 3.8) is 0 Å². The van der Waals surface area contributed by atoms with E-state index < -0.39 is 49.7 Å². The summed E-state index contributed by atoms with van der Waals surface area (Å²) in [5, 5.41) is 52.3. The largest absolute Gasteiger partial charge is 1.00 e. The third-order valence-corrected chi connectivity index (χ3v) is 9.12. The first-order valence-corrected chi connectivity index (χ1v) is 15.5. The van der Waals surface area contributed by atoms with E-state index in [-0.39, 0.29) is 47.5 Å². The molecular formula is C34H34LiNO10S. The van der Waals surface area contributed by atoms with Gasteiger partial charge in [-0.25, -0.2) is 0 Å². The summed E-state index contributed by atoms with van der Waals surface area (Å²) in [6.07, 6.45) is -6.65. The van der Waals surface area contributed by atoms with Crippen LogP contribution < -0.4 is 33.4 Å². The molecule has 0 aliphatic carbocycles. The summed E-state index contributed by atoms with van der Waals surface area (Å²) >= 11 is 1.25. The summed E-state index contributed by atoms with van der Waals surface area (Å²) in [5.74, 6) is -2.01. The zero-order valence-corrected chi connectivity index (χ0v) is 26.2. The van der Waals surface area contributed by atoms with E-state index in [0.717, 1.165) is 19.3 Å². The summed E-state index contributed by atoms with van der Waals surface area (Å²) in [6, 6.07) is 16.6. The van der Waals surface area contributed by atoms with Gasteiger partial charge in [-0.1, -0.05) is 6.42 Å². The van der Waals surface area contributed by atoms with Gasteiger partial charge in [0.1, 0.15) is 48.2 Å². The number of ether oxygens (including phenoxy) is 3. The number of aliphatic hydroxyl groups excluding tert-OH is 3. The van der Waals surface area contributed by atoms with Gasteiger partial charge in [-0.2, -0.15) is 0 Å². The van der Waals surface area contributed by atoms with Gasteiger partial charge >= 0.3 is 18.9 Å². The molecule has 0 radical (unpaired) electrons. The fraction of sp³-hybridized carbons (Fsp3) is 0.353. The van der Waals surface area contributed by atoms with Crippen molar-refractivity contribution in [2.45, 2.75) is 50.0 Å². The number of aliphatic hydroxyl groups is 3. The van der Waals surface area contributed by atoms with Crippen molar-refractivity contribution in [1.29, 1.82) is 0 Å². The molecule has 2 aliphatic rings. The van der Waals surface area contributed by atoms with E-state index in [2.05, 4.69) is 0 Å². The number of phenols is 1. The minimum atomic E-state index is -2.68. The van der Waals surface area contributed by atoms with Crippen LogP contribution in [-0.4, -0.2) is 93.9 Å². The van der Waals surface area contributed by atoms with Crippen molar-refractivity contribution in [3.8, 4) is 27.7 Å². The number of hydrogen-bond donors (Lipinski definition) is 4. The number of fused-ring (bicyclic) bond motifs is 1. The van der Waals surface area contributed by atoms with Crippen LogP contribution in [0.1, 0.15) is 40.7 Å². The maximum Gasteiger partial charge on any atom is 1.00 e. The Hall–Kier alpha value is -3.44. The van der Waals surface area contributed by atoms with Crippen LogP contribution in [0.2, 0.25) is 0 Å². The molecule has 4 aromatic rings. The number of aliphatic carboxylic acids is 1. The molecule has 0 saturated carbocycles. The maximum absolute atomic E-state index is 14.1. The summed E-state index contributed by atoms with van der Waals surface area (Å²) < 4.78 is 50.5. The molecule has 47 heavy (non-hydrogen) atoms. The van der Waals surface area contributed by atoms with Gasteiger partial charge in [0.25, 0.3) is 0 Å². The van der Waals surface area contributed by atoms with E-state index in [1.165, 1.54) is 64.8 Å². The van der Waals surface area contributed by atoms with E-state index >= 15 is 0 Å². The molecule has 0 amide bonds. The third kappa shape index (κ3) is 7.67. The second-order valence-electron chi connectivity index (χ2n) is 11.1. The smallest absolute Gasteiger partial charge is 0.547 e. The number of carboxylic acid groups (broad SMARTS) is 1. The number of rotatable bonds is 10. The normalized spacial score (nSPS) is 25.0. The van der Waals surface area contributed by atoms with Gasteiger partial charge in [0.15, 0.2) is 5.78 Å². The maximum atomic E-state index is 14.1. The Bertz CT molecular complexity index is 1870. The van der Waals surface area contributed by atoms with Crippen LogP contribution >= 0.6 is 11.3 Å². The molecule has 3 heterocycles. The van der Waals surface area contributed by atoms with Crippen LogP contribution in [0.3, 0.4) is 0 Å². The number of ketones is 1. The summed E-state index contributed by atoms with van der Waals surface area (Å²) in [5.41, 5.74) is 1.14. The van der Waals surface area contributed by atoms with Crippen LogP contribution in [0.15, 0.2) is 66.7 Å². The van der Waals surface area contributed by atoms with Crippen LogP contribution in [0.25, 0.3) is 20.5 Å². The van der Waals surface area contributed by atoms with Crippen LogP contribution in [0, 0.1) is 0 Å². The predicted molar refractivity (Wildman–Crippen MR) is 167 cm³/mol. The first kappa shape index (κ1) is 29.7. The molecule has 2 fully saturated rings. The molecule has 6 rings (SSSR count). The van der Waals surface area contributed by atoms with Gasteiger partial charge in [-0.3, -0.25) is 9.69 Å². The molecular weight excluding hydrogens is 621 g/mol. The third-order valence-electron chi connectivity index (χ3n) is 7.92. The molecule has 242 valence electrons. The summed E-state index contributed by atoms with van der Waals surface area (Å²) in [6.45, 7) is -4.22. The van der Waals surface area contributed by atoms with Crippen LogP contribution in [0.4, 0.5) is 0 Å². The molecule has 2 aliphatic heterocycles. The monoisotopic (exact) mass is 659 g/mol. The molecule has 0 spiro atoms. The number of hydrogen-bond acceptors (Lipinski definition) is 12. The molecule has 0 unspecified atom stereocenters. The van der Waals surface area contributed by atoms with Crippen LogP contribution in [0.5, 0.6) is 17.2 Å². The first-order valence-electron chi connectivity index (χ1n) is 16.7. The van der Waals surface area contributed by atoms with E-state index in [0.29, 0.717) is 39.2 Å². The fourth-order valence-electron chi connectivity index (χ4n) is 5.44. The Morgan fingerprint density at radius 2 is 1.62 bits per heavy atom. The van der Waals surface area contributed by atoms with E-state index in [4.69, 9.17) is 19.7 Å². The number of phenolic OH excluding ortho intramolecular Hbond substituents is 1. The number of carbonyl (C=O) groups is 2. The topological polar surface area (TPSA) is 169 Å². The van der Waals surface area contributed by atoms with Crippen LogP contribution in [-0.2, 0) is 9.53 Å². The second-order valence-corrected chi connectivity index (χ2v) is 12.1. The van der Waals surface area contributed by atoms with E-state index in [1.807, 2.05) is 0 Å². The van der Waals surface area contributed by atoms with Crippen molar-refractivity contribution in [1.82, 2.24) is 4.90 Å². The van der Waals surface area contributed by atoms with Gasteiger partial charge in [-0.05, 0) is 98.2 Å². The zero-order chi connectivity index (χ0) is 36.0. The van der Waals surface area contributed by atoms with Gasteiger partial charge in [0, 0.05) is 35.3 Å². The molecule has 0 bridgehead atoms. The standard InChI is InChI=1S/C34H35NO10S.Li/c36-21-8-13-24-25(18-21)46-32(20-6-11-23(12-7-20)44-34-30(40)28(38)29(39)31(45-34)33(41)42)26(24)27(37)19-4-9-22(10-5-19)43-17-16-35-14-2-1-3-15-35;/h4-13,18,28-31,34,36,38-40H,1-3,14-17H2,(H,41,42);/q;+1/p-1/t28-,29-,30+,31-,34+;/m0./s1/i16D2,17D2;. The summed E-state index contributed by atoms with van der Waals surface area (Å²) in [4.78, 5) is 27.4. The van der Waals surface area contributed by atoms with Crippen molar-refractivity contribution in [3.05, 3.63) is 77.9 Å². The average molecular weight is 660 g/mol. The Balaban J connectivity index is 0.00000504. The zero-order valence-electron chi connectivity index (χ0n) is 29.4.